The van der Waals surface area contributed by atoms with Gasteiger partial charge in [-0.25, -0.2) is 0 Å². The first-order valence-corrected chi connectivity index (χ1v) is 4.40. The second-order valence-electron chi connectivity index (χ2n) is 4.07. The summed E-state index contributed by atoms with van der Waals surface area (Å²) in [6.07, 6.45) is 7.79. The first kappa shape index (κ1) is 10.0. The van der Waals surface area contributed by atoms with Crippen molar-refractivity contribution in [3.8, 4) is 0 Å². The first-order valence-electron chi connectivity index (χ1n) is 4.40. The zero-order valence-corrected chi connectivity index (χ0v) is 7.91. The molecule has 0 aromatic rings. The molecule has 10 heavy (non-hydrogen) atoms. The van der Waals surface area contributed by atoms with Gasteiger partial charge in [0.1, 0.15) is 0 Å². The topological polar surface area (TPSA) is 0 Å². The molecule has 0 nitrogen and oxygen atoms in total. The fourth-order valence-electron chi connectivity index (χ4n) is 0.929. The molecular weight excluding hydrogens is 120 g/mol. The Hall–Kier alpha value is 0. The maximum absolute atomic E-state index is 2.42. The highest BCUT2D eigenvalue weighted by Gasteiger charge is 2.08. The summed E-state index contributed by atoms with van der Waals surface area (Å²) in [7, 11) is 0. The first-order chi connectivity index (χ1) is 4.56. The summed E-state index contributed by atoms with van der Waals surface area (Å²) in [5.41, 5.74) is 0.424. The molecule has 0 bridgehead atoms. The van der Waals surface area contributed by atoms with Gasteiger partial charge in [0, 0.05) is 0 Å². The van der Waals surface area contributed by atoms with Gasteiger partial charge in [-0.1, -0.05) is 47.0 Å². The normalized spacial score (nSPS) is 12.0. The van der Waals surface area contributed by atoms with Crippen LogP contribution in [0.5, 0.6) is 0 Å². The zero-order chi connectivity index (χ0) is 8.04. The van der Waals surface area contributed by atoms with Crippen molar-refractivity contribution in [2.45, 2.75) is 53.4 Å². The molecule has 0 saturated heterocycles. The standard InChI is InChI=1S/C10H21/c1-5-6-7-8-9-10(2,3)4/h9H,5-8H2,1-4H3. The number of hydrogen-bond donors (Lipinski definition) is 0. The van der Waals surface area contributed by atoms with Gasteiger partial charge in [-0.2, -0.15) is 0 Å². The molecule has 0 heterocycles. The lowest BCUT2D eigenvalue weighted by molar-refractivity contribution is 0.464. The van der Waals surface area contributed by atoms with Crippen molar-refractivity contribution >= 4 is 0 Å². The van der Waals surface area contributed by atoms with Crippen LogP contribution >= 0.6 is 0 Å². The Morgan fingerprint density at radius 2 is 1.70 bits per heavy atom. The molecule has 0 atom stereocenters. The van der Waals surface area contributed by atoms with E-state index in [1.54, 1.807) is 0 Å². The van der Waals surface area contributed by atoms with Gasteiger partial charge in [0.05, 0.1) is 0 Å². The molecule has 0 heteroatoms. The summed E-state index contributed by atoms with van der Waals surface area (Å²) in [5, 5.41) is 0. The van der Waals surface area contributed by atoms with Crippen molar-refractivity contribution < 1.29 is 0 Å². The van der Waals surface area contributed by atoms with Gasteiger partial charge < -0.3 is 0 Å². The fraction of sp³-hybridized carbons (Fsp3) is 0.900. The van der Waals surface area contributed by atoms with Gasteiger partial charge in [0.2, 0.25) is 0 Å². The molecule has 0 aromatic heterocycles. The van der Waals surface area contributed by atoms with E-state index >= 15 is 0 Å². The SMILES string of the molecule is CCCCC[CH]C(C)(C)C. The third-order valence-electron chi connectivity index (χ3n) is 1.56. The average molecular weight is 141 g/mol. The predicted octanol–water partition coefficient (Wildman–Crippen LogP) is 3.82. The van der Waals surface area contributed by atoms with Crippen LogP contribution in [0.4, 0.5) is 0 Å². The van der Waals surface area contributed by atoms with Crippen LogP contribution < -0.4 is 0 Å². The van der Waals surface area contributed by atoms with Crippen molar-refractivity contribution in [3.63, 3.8) is 0 Å². The summed E-state index contributed by atoms with van der Waals surface area (Å²) in [5.74, 6) is 0. The van der Waals surface area contributed by atoms with Crippen molar-refractivity contribution in [1.82, 2.24) is 0 Å². The van der Waals surface area contributed by atoms with Crippen LogP contribution in [0, 0.1) is 11.8 Å². The van der Waals surface area contributed by atoms with Crippen LogP contribution in [-0.4, -0.2) is 0 Å². The minimum Gasteiger partial charge on any atom is -0.0654 e. The van der Waals surface area contributed by atoms with Crippen LogP contribution in [0.25, 0.3) is 0 Å². The largest absolute Gasteiger partial charge is 0.0654 e. The lowest BCUT2D eigenvalue weighted by Crippen LogP contribution is -2.04. The quantitative estimate of drug-likeness (QED) is 0.522. The summed E-state index contributed by atoms with van der Waals surface area (Å²) in [6, 6.07) is 0. The Bertz CT molecular complexity index is 66.6. The third-order valence-corrected chi connectivity index (χ3v) is 1.56. The summed E-state index contributed by atoms with van der Waals surface area (Å²) in [6.45, 7) is 9.04. The van der Waals surface area contributed by atoms with Crippen molar-refractivity contribution in [3.05, 3.63) is 6.42 Å². The van der Waals surface area contributed by atoms with Gasteiger partial charge >= 0.3 is 0 Å². The molecule has 0 amide bonds. The van der Waals surface area contributed by atoms with Gasteiger partial charge in [-0.15, -0.1) is 0 Å². The van der Waals surface area contributed by atoms with Gasteiger partial charge in [0.25, 0.3) is 0 Å². The predicted molar refractivity (Wildman–Crippen MR) is 47.9 cm³/mol. The van der Waals surface area contributed by atoms with Gasteiger partial charge in [-0.05, 0) is 18.3 Å². The maximum Gasteiger partial charge on any atom is -0.0332 e. The highest BCUT2D eigenvalue weighted by atomic mass is 14.1. The van der Waals surface area contributed by atoms with E-state index in [1.165, 1.54) is 25.7 Å². The second-order valence-corrected chi connectivity index (χ2v) is 4.07. The van der Waals surface area contributed by atoms with Crippen LogP contribution in [0.15, 0.2) is 0 Å². The molecule has 0 rings (SSSR count). The Morgan fingerprint density at radius 3 is 2.10 bits per heavy atom. The Labute approximate surface area is 66.0 Å². The molecule has 0 aliphatic heterocycles. The zero-order valence-electron chi connectivity index (χ0n) is 7.91. The molecule has 0 spiro atoms. The molecule has 0 aromatic carbocycles. The van der Waals surface area contributed by atoms with E-state index < -0.39 is 0 Å². The minimum absolute atomic E-state index is 0.424. The fourth-order valence-corrected chi connectivity index (χ4v) is 0.929. The van der Waals surface area contributed by atoms with Crippen molar-refractivity contribution in [1.29, 1.82) is 0 Å². The van der Waals surface area contributed by atoms with E-state index in [0.29, 0.717) is 5.41 Å². The van der Waals surface area contributed by atoms with E-state index in [-0.39, 0.29) is 0 Å². The number of rotatable bonds is 4. The van der Waals surface area contributed by atoms with Crippen molar-refractivity contribution in [2.75, 3.05) is 0 Å². The number of hydrogen-bond acceptors (Lipinski definition) is 0. The van der Waals surface area contributed by atoms with Crippen LogP contribution in [0.2, 0.25) is 0 Å². The Kier molecular flexibility index (Phi) is 4.76. The third kappa shape index (κ3) is 8.00. The highest BCUT2D eigenvalue weighted by Crippen LogP contribution is 2.20. The smallest absolute Gasteiger partial charge is 0.0332 e. The molecule has 0 aliphatic rings. The molecule has 1 radical (unpaired) electrons. The highest BCUT2D eigenvalue weighted by molar-refractivity contribution is 4.79. The van der Waals surface area contributed by atoms with Gasteiger partial charge in [0.15, 0.2) is 0 Å². The van der Waals surface area contributed by atoms with E-state index in [4.69, 9.17) is 0 Å². The lowest BCUT2D eigenvalue weighted by Gasteiger charge is -2.16. The Morgan fingerprint density at radius 1 is 1.10 bits per heavy atom. The van der Waals surface area contributed by atoms with E-state index in [9.17, 15) is 0 Å². The molecule has 0 N–H and O–H groups in total. The minimum atomic E-state index is 0.424. The van der Waals surface area contributed by atoms with Crippen LogP contribution in [0.1, 0.15) is 53.4 Å². The molecule has 61 valence electrons. The number of unbranched alkanes of at least 4 members (excludes halogenated alkanes) is 3. The van der Waals surface area contributed by atoms with Crippen molar-refractivity contribution in [2.24, 2.45) is 5.41 Å². The molecule has 0 fully saturated rings. The maximum atomic E-state index is 2.42. The summed E-state index contributed by atoms with van der Waals surface area (Å²) in [4.78, 5) is 0. The van der Waals surface area contributed by atoms with E-state index in [2.05, 4.69) is 34.1 Å². The van der Waals surface area contributed by atoms with Crippen LogP contribution in [0.3, 0.4) is 0 Å². The van der Waals surface area contributed by atoms with E-state index in [0.717, 1.165) is 0 Å². The van der Waals surface area contributed by atoms with Crippen LogP contribution in [-0.2, 0) is 0 Å². The lowest BCUT2D eigenvalue weighted by atomic mass is 9.89. The van der Waals surface area contributed by atoms with E-state index in [1.807, 2.05) is 0 Å². The summed E-state index contributed by atoms with van der Waals surface area (Å²) >= 11 is 0. The molecule has 0 unspecified atom stereocenters. The molecule has 0 saturated carbocycles. The monoisotopic (exact) mass is 141 g/mol. The second kappa shape index (κ2) is 4.76. The van der Waals surface area contributed by atoms with Gasteiger partial charge in [-0.3, -0.25) is 0 Å². The average Bonchev–Trinajstić information content (AvgIpc) is 1.78. The molecule has 0 aliphatic carbocycles. The Balaban J connectivity index is 3.04. The summed E-state index contributed by atoms with van der Waals surface area (Å²) < 4.78 is 0. The molecular formula is C10H21.